The van der Waals surface area contributed by atoms with E-state index in [0.717, 1.165) is 17.1 Å². The van der Waals surface area contributed by atoms with Crippen molar-refractivity contribution < 1.29 is 1.43 Å². The van der Waals surface area contributed by atoms with Crippen LogP contribution in [0.1, 0.15) is 46.4 Å². The molecule has 1 aromatic heterocycles. The fourth-order valence-electron chi connectivity index (χ4n) is 1.23. The SMILES string of the molecule is C=C(NC(C)C)c1ccc(C(C)C)nn1.[HH]. The molecule has 1 heterocycles. The second-order valence-electron chi connectivity index (χ2n) is 4.28. The Bertz CT molecular complexity index is 331. The van der Waals surface area contributed by atoms with E-state index in [1.807, 2.05) is 12.1 Å². The minimum atomic E-state index is 0. The van der Waals surface area contributed by atoms with Gasteiger partial charge in [0.25, 0.3) is 0 Å². The normalized spacial score (nSPS) is 10.8. The summed E-state index contributed by atoms with van der Waals surface area (Å²) in [5.74, 6) is 0.415. The second-order valence-corrected chi connectivity index (χ2v) is 4.28. The maximum atomic E-state index is 4.16. The van der Waals surface area contributed by atoms with Gasteiger partial charge in [0, 0.05) is 7.47 Å². The van der Waals surface area contributed by atoms with E-state index in [1.54, 1.807) is 0 Å². The molecule has 0 aliphatic heterocycles. The summed E-state index contributed by atoms with van der Waals surface area (Å²) < 4.78 is 0. The van der Waals surface area contributed by atoms with Crippen LogP contribution in [-0.2, 0) is 0 Å². The van der Waals surface area contributed by atoms with Crippen molar-refractivity contribution in [1.82, 2.24) is 15.5 Å². The molecule has 0 unspecified atom stereocenters. The molecule has 0 atom stereocenters. The van der Waals surface area contributed by atoms with Crippen LogP contribution in [0.4, 0.5) is 0 Å². The van der Waals surface area contributed by atoms with Gasteiger partial charge in [0.05, 0.1) is 11.4 Å². The number of nitrogens with one attached hydrogen (secondary N) is 1. The summed E-state index contributed by atoms with van der Waals surface area (Å²) in [7, 11) is 0. The lowest BCUT2D eigenvalue weighted by molar-refractivity contribution is 0.710. The Hall–Kier alpha value is -1.38. The summed E-state index contributed by atoms with van der Waals surface area (Å²) in [4.78, 5) is 0. The molecule has 84 valence electrons. The van der Waals surface area contributed by atoms with Gasteiger partial charge in [-0.05, 0) is 31.9 Å². The Morgan fingerprint density at radius 3 is 2.33 bits per heavy atom. The van der Waals surface area contributed by atoms with Crippen molar-refractivity contribution in [3.63, 3.8) is 0 Å². The van der Waals surface area contributed by atoms with Crippen LogP contribution in [0.15, 0.2) is 18.7 Å². The molecular weight excluding hydrogens is 186 g/mol. The van der Waals surface area contributed by atoms with E-state index >= 15 is 0 Å². The second kappa shape index (κ2) is 4.91. The lowest BCUT2D eigenvalue weighted by Crippen LogP contribution is -2.21. The quantitative estimate of drug-likeness (QED) is 0.825. The van der Waals surface area contributed by atoms with Crippen LogP contribution in [0.3, 0.4) is 0 Å². The van der Waals surface area contributed by atoms with Crippen LogP contribution in [0, 0.1) is 0 Å². The molecule has 0 aliphatic carbocycles. The first-order chi connectivity index (χ1) is 7.00. The predicted octanol–water partition coefficient (Wildman–Crippen LogP) is 2.81. The Kier molecular flexibility index (Phi) is 3.83. The summed E-state index contributed by atoms with van der Waals surface area (Å²) in [5.41, 5.74) is 2.65. The van der Waals surface area contributed by atoms with E-state index in [9.17, 15) is 0 Å². The van der Waals surface area contributed by atoms with Crippen LogP contribution < -0.4 is 5.32 Å². The van der Waals surface area contributed by atoms with Gasteiger partial charge in [-0.25, -0.2) is 0 Å². The van der Waals surface area contributed by atoms with Gasteiger partial charge in [-0.15, -0.1) is 5.10 Å². The molecule has 1 aromatic rings. The van der Waals surface area contributed by atoms with E-state index in [-0.39, 0.29) is 1.43 Å². The number of nitrogens with zero attached hydrogens (tertiary/aromatic N) is 2. The highest BCUT2D eigenvalue weighted by Gasteiger charge is 2.05. The highest BCUT2D eigenvalue weighted by Crippen LogP contribution is 2.12. The van der Waals surface area contributed by atoms with Gasteiger partial charge in [-0.1, -0.05) is 20.4 Å². The van der Waals surface area contributed by atoms with Crippen LogP contribution in [-0.4, -0.2) is 16.2 Å². The zero-order chi connectivity index (χ0) is 11.4. The van der Waals surface area contributed by atoms with Crippen molar-refractivity contribution in [2.45, 2.75) is 39.7 Å². The van der Waals surface area contributed by atoms with Crippen LogP contribution >= 0.6 is 0 Å². The van der Waals surface area contributed by atoms with Gasteiger partial charge < -0.3 is 5.32 Å². The Balaban J connectivity index is 0.00000225. The van der Waals surface area contributed by atoms with Gasteiger partial charge in [0.1, 0.15) is 5.69 Å². The van der Waals surface area contributed by atoms with Crippen molar-refractivity contribution in [2.75, 3.05) is 0 Å². The van der Waals surface area contributed by atoms with Gasteiger partial charge in [0.15, 0.2) is 0 Å². The highest BCUT2D eigenvalue weighted by molar-refractivity contribution is 5.57. The Morgan fingerprint density at radius 2 is 1.93 bits per heavy atom. The monoisotopic (exact) mass is 207 g/mol. The maximum Gasteiger partial charge on any atom is 0.108 e. The van der Waals surface area contributed by atoms with Gasteiger partial charge in [-0.2, -0.15) is 5.10 Å². The summed E-state index contributed by atoms with van der Waals surface area (Å²) in [5, 5.41) is 11.5. The molecule has 1 rings (SSSR count). The van der Waals surface area contributed by atoms with Crippen LogP contribution in [0.5, 0.6) is 0 Å². The molecule has 15 heavy (non-hydrogen) atoms. The van der Waals surface area contributed by atoms with Crippen molar-refractivity contribution in [3.8, 4) is 0 Å². The molecule has 0 amide bonds. The van der Waals surface area contributed by atoms with Gasteiger partial charge in [-0.3, -0.25) is 0 Å². The van der Waals surface area contributed by atoms with E-state index in [0.29, 0.717) is 12.0 Å². The predicted molar refractivity (Wildman–Crippen MR) is 65.5 cm³/mol. The first-order valence-corrected chi connectivity index (χ1v) is 5.30. The largest absolute Gasteiger partial charge is 0.382 e. The van der Waals surface area contributed by atoms with Crippen molar-refractivity contribution in [3.05, 3.63) is 30.1 Å². The number of hydrogen-bond donors (Lipinski definition) is 1. The average molecular weight is 207 g/mol. The number of aromatic nitrogens is 2. The van der Waals surface area contributed by atoms with Gasteiger partial charge in [0.2, 0.25) is 0 Å². The lowest BCUT2D eigenvalue weighted by Gasteiger charge is -2.12. The van der Waals surface area contributed by atoms with Gasteiger partial charge >= 0.3 is 0 Å². The molecule has 0 saturated heterocycles. The van der Waals surface area contributed by atoms with Crippen molar-refractivity contribution in [2.24, 2.45) is 0 Å². The lowest BCUT2D eigenvalue weighted by atomic mass is 10.1. The zero-order valence-corrected chi connectivity index (χ0v) is 9.91. The molecular formula is C12H21N3. The first-order valence-electron chi connectivity index (χ1n) is 5.30. The summed E-state index contributed by atoms with van der Waals surface area (Å²) in [6, 6.07) is 4.32. The van der Waals surface area contributed by atoms with Crippen molar-refractivity contribution in [1.29, 1.82) is 0 Å². The Morgan fingerprint density at radius 1 is 1.27 bits per heavy atom. The molecule has 0 aromatic carbocycles. The molecule has 0 bridgehead atoms. The molecule has 0 radical (unpaired) electrons. The highest BCUT2D eigenvalue weighted by atomic mass is 15.1. The third-order valence-electron chi connectivity index (χ3n) is 2.05. The molecule has 1 N–H and O–H groups in total. The van der Waals surface area contributed by atoms with E-state index in [4.69, 9.17) is 0 Å². The van der Waals surface area contributed by atoms with E-state index < -0.39 is 0 Å². The minimum absolute atomic E-state index is 0. The third kappa shape index (κ3) is 3.35. The molecule has 0 saturated carbocycles. The van der Waals surface area contributed by atoms with Crippen molar-refractivity contribution >= 4 is 5.70 Å². The van der Waals surface area contributed by atoms with E-state index in [2.05, 4.69) is 49.8 Å². The molecule has 0 aliphatic rings. The standard InChI is InChI=1S/C12H19N3.H2/c1-8(2)11-6-7-12(15-14-11)10(5)13-9(3)4;/h6-9,13H,5H2,1-4H3;1H. The first kappa shape index (κ1) is 11.7. The number of hydrogen-bond acceptors (Lipinski definition) is 3. The van der Waals surface area contributed by atoms with E-state index in [1.165, 1.54) is 0 Å². The minimum Gasteiger partial charge on any atom is -0.382 e. The topological polar surface area (TPSA) is 37.8 Å². The summed E-state index contributed by atoms with van der Waals surface area (Å²) in [6.45, 7) is 12.3. The fraction of sp³-hybridized carbons (Fsp3) is 0.500. The third-order valence-corrected chi connectivity index (χ3v) is 2.05. The molecule has 0 fully saturated rings. The molecule has 3 heteroatoms. The number of rotatable bonds is 4. The smallest absolute Gasteiger partial charge is 0.108 e. The summed E-state index contributed by atoms with van der Waals surface area (Å²) in [6.07, 6.45) is 0. The Labute approximate surface area is 93.1 Å². The van der Waals surface area contributed by atoms with Crippen LogP contribution in [0.2, 0.25) is 0 Å². The summed E-state index contributed by atoms with van der Waals surface area (Å²) >= 11 is 0. The van der Waals surface area contributed by atoms with Crippen LogP contribution in [0.25, 0.3) is 5.70 Å². The maximum absolute atomic E-state index is 4.16. The molecule has 3 nitrogen and oxygen atoms in total. The average Bonchev–Trinajstić information content (AvgIpc) is 2.17. The molecule has 0 spiro atoms. The zero-order valence-electron chi connectivity index (χ0n) is 9.91. The fourth-order valence-corrected chi connectivity index (χ4v) is 1.23.